The third kappa shape index (κ3) is 3.26. The zero-order valence-electron chi connectivity index (χ0n) is 10.9. The van der Waals surface area contributed by atoms with Gasteiger partial charge in [-0.15, -0.1) is 0 Å². The van der Waals surface area contributed by atoms with Crippen molar-refractivity contribution in [2.75, 3.05) is 0 Å². The predicted molar refractivity (Wildman–Crippen MR) is 74.7 cm³/mol. The highest BCUT2D eigenvalue weighted by Gasteiger charge is 2.10. The molecule has 0 aliphatic heterocycles. The zero-order chi connectivity index (χ0) is 14.7. The van der Waals surface area contributed by atoms with Gasteiger partial charge in [0.2, 0.25) is 0 Å². The normalized spacial score (nSPS) is 12.2. The Balaban J connectivity index is 2.11. The molecule has 1 atom stereocenters. The predicted octanol–water partition coefficient (Wildman–Crippen LogP) is 4.22. The first kappa shape index (κ1) is 14.8. The minimum absolute atomic E-state index is 0.0140. The van der Waals surface area contributed by atoms with Crippen LogP contribution in [0.4, 0.5) is 8.78 Å². The molecule has 2 aromatic rings. The largest absolute Gasteiger partial charge is 0.489 e. The summed E-state index contributed by atoms with van der Waals surface area (Å²) in [6.07, 6.45) is 0. The third-order valence-corrected chi connectivity index (χ3v) is 3.31. The van der Waals surface area contributed by atoms with Crippen LogP contribution in [0.25, 0.3) is 0 Å². The van der Waals surface area contributed by atoms with Crippen LogP contribution in [-0.2, 0) is 6.61 Å². The Morgan fingerprint density at radius 3 is 2.60 bits per heavy atom. The van der Waals surface area contributed by atoms with Gasteiger partial charge in [0.1, 0.15) is 24.0 Å². The molecular formula is C15H14ClF2NO. The molecule has 2 rings (SSSR count). The van der Waals surface area contributed by atoms with Crippen molar-refractivity contribution in [2.24, 2.45) is 5.73 Å². The molecule has 0 bridgehead atoms. The van der Waals surface area contributed by atoms with Gasteiger partial charge in [-0.1, -0.05) is 29.8 Å². The number of hydrogen-bond donors (Lipinski definition) is 1. The first-order chi connectivity index (χ1) is 9.49. The first-order valence-electron chi connectivity index (χ1n) is 6.09. The Kier molecular flexibility index (Phi) is 4.57. The van der Waals surface area contributed by atoms with Crippen molar-refractivity contribution < 1.29 is 13.5 Å². The lowest BCUT2D eigenvalue weighted by molar-refractivity contribution is 0.303. The molecule has 0 unspecified atom stereocenters. The van der Waals surface area contributed by atoms with Crippen molar-refractivity contribution in [1.82, 2.24) is 0 Å². The van der Waals surface area contributed by atoms with E-state index in [0.717, 1.165) is 0 Å². The number of benzene rings is 2. The van der Waals surface area contributed by atoms with Gasteiger partial charge in [0.05, 0.1) is 5.02 Å². The maximum atomic E-state index is 13.7. The van der Waals surface area contributed by atoms with Crippen LogP contribution in [0.15, 0.2) is 36.4 Å². The Morgan fingerprint density at radius 1 is 1.20 bits per heavy atom. The molecule has 0 aliphatic carbocycles. The Morgan fingerprint density at radius 2 is 1.95 bits per heavy atom. The van der Waals surface area contributed by atoms with Gasteiger partial charge in [-0.25, -0.2) is 8.78 Å². The van der Waals surface area contributed by atoms with E-state index >= 15 is 0 Å². The Bertz CT molecular complexity index is 617. The molecule has 0 radical (unpaired) electrons. The second kappa shape index (κ2) is 6.20. The van der Waals surface area contributed by atoms with E-state index in [0.29, 0.717) is 16.9 Å². The SMILES string of the molecule is C[C@H](N)c1ccc(OCc2cccc(F)c2Cl)cc1F. The van der Waals surface area contributed by atoms with Crippen LogP contribution in [0.2, 0.25) is 5.02 Å². The van der Waals surface area contributed by atoms with Crippen LogP contribution in [0.1, 0.15) is 24.1 Å². The Labute approximate surface area is 121 Å². The van der Waals surface area contributed by atoms with Crippen LogP contribution in [-0.4, -0.2) is 0 Å². The zero-order valence-corrected chi connectivity index (χ0v) is 11.6. The molecule has 20 heavy (non-hydrogen) atoms. The summed E-state index contributed by atoms with van der Waals surface area (Å²) in [5.74, 6) is -0.596. The molecule has 106 valence electrons. The summed E-state index contributed by atoms with van der Waals surface area (Å²) in [5.41, 5.74) is 6.55. The standard InChI is InChI=1S/C15H14ClF2NO/c1-9(19)12-6-5-11(7-14(12)18)20-8-10-3-2-4-13(17)15(10)16/h2-7,9H,8,19H2,1H3/t9-/m0/s1. The van der Waals surface area contributed by atoms with Gasteiger partial charge >= 0.3 is 0 Å². The third-order valence-electron chi connectivity index (χ3n) is 2.89. The fraction of sp³-hybridized carbons (Fsp3) is 0.200. The maximum Gasteiger partial charge on any atom is 0.142 e. The molecule has 0 aromatic heterocycles. The maximum absolute atomic E-state index is 13.7. The number of ether oxygens (including phenoxy) is 1. The van der Waals surface area contributed by atoms with E-state index in [1.807, 2.05) is 0 Å². The molecule has 0 fully saturated rings. The van der Waals surface area contributed by atoms with E-state index in [-0.39, 0.29) is 17.7 Å². The number of halogens is 3. The smallest absolute Gasteiger partial charge is 0.142 e. The molecule has 2 N–H and O–H groups in total. The molecule has 5 heteroatoms. The van der Waals surface area contributed by atoms with E-state index in [1.165, 1.54) is 12.1 Å². The van der Waals surface area contributed by atoms with E-state index in [4.69, 9.17) is 22.1 Å². The topological polar surface area (TPSA) is 35.2 Å². The van der Waals surface area contributed by atoms with Gasteiger partial charge in [0.25, 0.3) is 0 Å². The summed E-state index contributed by atoms with van der Waals surface area (Å²) < 4.78 is 32.4. The summed E-state index contributed by atoms with van der Waals surface area (Å²) in [7, 11) is 0. The second-order valence-electron chi connectivity index (χ2n) is 4.47. The lowest BCUT2D eigenvalue weighted by atomic mass is 10.1. The van der Waals surface area contributed by atoms with Crippen molar-refractivity contribution in [2.45, 2.75) is 19.6 Å². The lowest BCUT2D eigenvalue weighted by Crippen LogP contribution is -2.07. The average Bonchev–Trinajstić information content (AvgIpc) is 2.40. The van der Waals surface area contributed by atoms with Crippen molar-refractivity contribution >= 4 is 11.6 Å². The van der Waals surface area contributed by atoms with Crippen LogP contribution in [0.5, 0.6) is 5.75 Å². The van der Waals surface area contributed by atoms with Gasteiger partial charge in [0, 0.05) is 23.2 Å². The summed E-state index contributed by atoms with van der Waals surface area (Å²) >= 11 is 5.81. The van der Waals surface area contributed by atoms with E-state index < -0.39 is 11.6 Å². The minimum atomic E-state index is -0.508. The van der Waals surface area contributed by atoms with E-state index in [9.17, 15) is 8.78 Å². The highest BCUT2D eigenvalue weighted by atomic mass is 35.5. The summed E-state index contributed by atoms with van der Waals surface area (Å²) in [6, 6.07) is 8.52. The van der Waals surface area contributed by atoms with Crippen molar-refractivity contribution in [3.8, 4) is 5.75 Å². The molecule has 2 aromatic carbocycles. The Hall–Kier alpha value is -1.65. The lowest BCUT2D eigenvalue weighted by Gasteiger charge is -2.11. The van der Waals surface area contributed by atoms with Crippen LogP contribution >= 0.6 is 11.6 Å². The summed E-state index contributed by atoms with van der Waals surface area (Å²) in [6.45, 7) is 1.76. The number of hydrogen-bond acceptors (Lipinski definition) is 2. The van der Waals surface area contributed by atoms with Crippen LogP contribution < -0.4 is 10.5 Å². The fourth-order valence-corrected chi connectivity index (χ4v) is 1.97. The molecule has 0 saturated heterocycles. The van der Waals surface area contributed by atoms with Crippen molar-refractivity contribution in [1.29, 1.82) is 0 Å². The number of rotatable bonds is 4. The second-order valence-corrected chi connectivity index (χ2v) is 4.85. The van der Waals surface area contributed by atoms with Gasteiger partial charge in [-0.2, -0.15) is 0 Å². The van der Waals surface area contributed by atoms with E-state index in [2.05, 4.69) is 0 Å². The minimum Gasteiger partial charge on any atom is -0.489 e. The average molecular weight is 298 g/mol. The van der Waals surface area contributed by atoms with Crippen molar-refractivity contribution in [3.63, 3.8) is 0 Å². The van der Waals surface area contributed by atoms with Gasteiger partial charge in [-0.05, 0) is 19.1 Å². The molecule has 0 spiro atoms. The highest BCUT2D eigenvalue weighted by Crippen LogP contribution is 2.24. The quantitative estimate of drug-likeness (QED) is 0.917. The molecule has 0 heterocycles. The highest BCUT2D eigenvalue weighted by molar-refractivity contribution is 6.31. The first-order valence-corrected chi connectivity index (χ1v) is 6.47. The molecular weight excluding hydrogens is 284 g/mol. The van der Waals surface area contributed by atoms with Gasteiger partial charge in [-0.3, -0.25) is 0 Å². The molecule has 0 aliphatic rings. The fourth-order valence-electron chi connectivity index (χ4n) is 1.79. The van der Waals surface area contributed by atoms with Gasteiger partial charge < -0.3 is 10.5 Å². The van der Waals surface area contributed by atoms with Crippen LogP contribution in [0, 0.1) is 11.6 Å². The van der Waals surface area contributed by atoms with E-state index in [1.54, 1.807) is 31.2 Å². The monoisotopic (exact) mass is 297 g/mol. The van der Waals surface area contributed by atoms with Crippen LogP contribution in [0.3, 0.4) is 0 Å². The summed E-state index contributed by atoms with van der Waals surface area (Å²) in [4.78, 5) is 0. The molecule has 0 saturated carbocycles. The van der Waals surface area contributed by atoms with Crippen molar-refractivity contribution in [3.05, 3.63) is 64.2 Å². The number of nitrogens with two attached hydrogens (primary N) is 1. The molecule has 2 nitrogen and oxygen atoms in total. The van der Waals surface area contributed by atoms with Gasteiger partial charge in [0.15, 0.2) is 0 Å². The summed E-state index contributed by atoms with van der Waals surface area (Å²) in [5, 5.41) is 0.0140. The molecule has 0 amide bonds.